The normalized spacial score (nSPS) is 17.9. The van der Waals surface area contributed by atoms with Crippen molar-refractivity contribution < 1.29 is 4.42 Å². The summed E-state index contributed by atoms with van der Waals surface area (Å²) < 4.78 is 7.01. The SMILES string of the molecule is Cc1ccc(-c2nnc(CN3CCCC3c3ccc(Br)cc3)o2)cc1. The zero-order valence-corrected chi connectivity index (χ0v) is 15.7. The van der Waals surface area contributed by atoms with Crippen molar-refractivity contribution in [2.75, 3.05) is 6.54 Å². The van der Waals surface area contributed by atoms with E-state index in [0.29, 0.717) is 24.4 Å². The van der Waals surface area contributed by atoms with Crippen LogP contribution in [0.3, 0.4) is 0 Å². The van der Waals surface area contributed by atoms with Crippen molar-refractivity contribution in [2.24, 2.45) is 0 Å². The average molecular weight is 398 g/mol. The van der Waals surface area contributed by atoms with Crippen LogP contribution in [0.4, 0.5) is 0 Å². The van der Waals surface area contributed by atoms with Gasteiger partial charge in [0.2, 0.25) is 11.8 Å². The van der Waals surface area contributed by atoms with Gasteiger partial charge in [-0.25, -0.2) is 0 Å². The Labute approximate surface area is 156 Å². The molecule has 0 aliphatic carbocycles. The fourth-order valence-electron chi connectivity index (χ4n) is 3.38. The molecule has 1 saturated heterocycles. The molecule has 0 amide bonds. The number of benzene rings is 2. The highest BCUT2D eigenvalue weighted by Crippen LogP contribution is 2.33. The molecule has 1 aliphatic heterocycles. The number of likely N-dealkylation sites (tertiary alicyclic amines) is 1. The first-order valence-electron chi connectivity index (χ1n) is 8.58. The predicted molar refractivity (Wildman–Crippen MR) is 101 cm³/mol. The quantitative estimate of drug-likeness (QED) is 0.610. The van der Waals surface area contributed by atoms with Gasteiger partial charge in [-0.05, 0) is 56.1 Å². The molecule has 25 heavy (non-hydrogen) atoms. The molecular weight excluding hydrogens is 378 g/mol. The fraction of sp³-hybridized carbons (Fsp3) is 0.300. The molecular formula is C20H20BrN3O. The molecule has 0 radical (unpaired) electrons. The van der Waals surface area contributed by atoms with Crippen LogP contribution >= 0.6 is 15.9 Å². The molecule has 0 bridgehead atoms. The minimum atomic E-state index is 0.419. The molecule has 1 unspecified atom stereocenters. The predicted octanol–water partition coefficient (Wildman–Crippen LogP) is 5.14. The molecule has 1 atom stereocenters. The van der Waals surface area contributed by atoms with Gasteiger partial charge >= 0.3 is 0 Å². The van der Waals surface area contributed by atoms with Crippen molar-refractivity contribution in [2.45, 2.75) is 32.4 Å². The van der Waals surface area contributed by atoms with Gasteiger partial charge in [-0.2, -0.15) is 0 Å². The maximum absolute atomic E-state index is 5.90. The highest BCUT2D eigenvalue weighted by Gasteiger charge is 2.27. The van der Waals surface area contributed by atoms with Gasteiger partial charge in [-0.3, -0.25) is 4.90 Å². The van der Waals surface area contributed by atoms with Crippen molar-refractivity contribution in [1.82, 2.24) is 15.1 Å². The van der Waals surface area contributed by atoms with Crippen LogP contribution in [0, 0.1) is 6.92 Å². The number of rotatable bonds is 4. The highest BCUT2D eigenvalue weighted by molar-refractivity contribution is 9.10. The van der Waals surface area contributed by atoms with Gasteiger partial charge in [-0.1, -0.05) is 45.8 Å². The molecule has 3 aromatic rings. The van der Waals surface area contributed by atoms with Gasteiger partial charge in [-0.15, -0.1) is 10.2 Å². The molecule has 128 valence electrons. The Balaban J connectivity index is 1.50. The molecule has 1 fully saturated rings. The molecule has 2 aromatic carbocycles. The van der Waals surface area contributed by atoms with Crippen molar-refractivity contribution in [3.8, 4) is 11.5 Å². The summed E-state index contributed by atoms with van der Waals surface area (Å²) in [6.45, 7) is 3.82. The third-order valence-electron chi connectivity index (χ3n) is 4.72. The molecule has 2 heterocycles. The van der Waals surface area contributed by atoms with E-state index in [9.17, 15) is 0 Å². The zero-order valence-electron chi connectivity index (χ0n) is 14.2. The Bertz CT molecular complexity index is 842. The summed E-state index contributed by atoms with van der Waals surface area (Å²) in [5.41, 5.74) is 3.53. The van der Waals surface area contributed by atoms with Crippen LogP contribution in [-0.2, 0) is 6.54 Å². The second kappa shape index (κ2) is 7.10. The number of hydrogen-bond donors (Lipinski definition) is 0. The summed E-state index contributed by atoms with van der Waals surface area (Å²) in [5, 5.41) is 8.47. The first kappa shape index (κ1) is 16.5. The molecule has 0 spiro atoms. The van der Waals surface area contributed by atoms with E-state index in [1.807, 2.05) is 12.1 Å². The molecule has 0 saturated carbocycles. The Morgan fingerprint density at radius 2 is 1.84 bits per heavy atom. The minimum Gasteiger partial charge on any atom is -0.419 e. The lowest BCUT2D eigenvalue weighted by atomic mass is 10.0. The molecule has 4 nitrogen and oxygen atoms in total. The van der Waals surface area contributed by atoms with Crippen LogP contribution < -0.4 is 0 Å². The van der Waals surface area contributed by atoms with Gasteiger partial charge in [0, 0.05) is 16.1 Å². The molecule has 4 rings (SSSR count). The summed E-state index contributed by atoms with van der Waals surface area (Å²) in [6.07, 6.45) is 2.36. The van der Waals surface area contributed by atoms with Gasteiger partial charge in [0.25, 0.3) is 0 Å². The van der Waals surface area contributed by atoms with E-state index < -0.39 is 0 Å². The monoisotopic (exact) mass is 397 g/mol. The summed E-state index contributed by atoms with van der Waals surface area (Å²) in [5.74, 6) is 1.27. The van der Waals surface area contributed by atoms with Crippen LogP contribution in [0.15, 0.2) is 57.4 Å². The van der Waals surface area contributed by atoms with Gasteiger partial charge < -0.3 is 4.42 Å². The van der Waals surface area contributed by atoms with E-state index >= 15 is 0 Å². The van der Waals surface area contributed by atoms with Crippen molar-refractivity contribution in [3.05, 3.63) is 70.0 Å². The maximum atomic E-state index is 5.90. The second-order valence-corrected chi connectivity index (χ2v) is 7.46. The Morgan fingerprint density at radius 1 is 1.08 bits per heavy atom. The number of hydrogen-bond acceptors (Lipinski definition) is 4. The van der Waals surface area contributed by atoms with Crippen molar-refractivity contribution >= 4 is 15.9 Å². The number of halogens is 1. The number of aryl methyl sites for hydroxylation is 1. The lowest BCUT2D eigenvalue weighted by molar-refractivity contribution is 0.224. The lowest BCUT2D eigenvalue weighted by Gasteiger charge is -2.23. The summed E-state index contributed by atoms with van der Waals surface area (Å²) in [4.78, 5) is 2.43. The fourth-order valence-corrected chi connectivity index (χ4v) is 3.65. The standard InChI is InChI=1S/C20H20BrN3O/c1-14-4-6-16(7-5-14)20-23-22-19(25-20)13-24-12-2-3-18(24)15-8-10-17(21)11-9-15/h4-11,18H,2-3,12-13H2,1H3. The van der Waals surface area contributed by atoms with E-state index in [-0.39, 0.29) is 0 Å². The average Bonchev–Trinajstić information content (AvgIpc) is 3.27. The number of aromatic nitrogens is 2. The van der Waals surface area contributed by atoms with Crippen LogP contribution in [0.1, 0.15) is 35.9 Å². The van der Waals surface area contributed by atoms with Crippen molar-refractivity contribution in [3.63, 3.8) is 0 Å². The Hall–Kier alpha value is -1.98. The van der Waals surface area contributed by atoms with Crippen LogP contribution in [0.25, 0.3) is 11.5 Å². The lowest BCUT2D eigenvalue weighted by Crippen LogP contribution is -2.22. The van der Waals surface area contributed by atoms with E-state index in [1.54, 1.807) is 0 Å². The van der Waals surface area contributed by atoms with E-state index in [4.69, 9.17) is 4.42 Å². The van der Waals surface area contributed by atoms with Crippen LogP contribution in [0.2, 0.25) is 0 Å². The molecule has 1 aromatic heterocycles. The topological polar surface area (TPSA) is 42.2 Å². The highest BCUT2D eigenvalue weighted by atomic mass is 79.9. The van der Waals surface area contributed by atoms with E-state index in [2.05, 4.69) is 74.3 Å². The third-order valence-corrected chi connectivity index (χ3v) is 5.25. The second-order valence-electron chi connectivity index (χ2n) is 6.55. The summed E-state index contributed by atoms with van der Waals surface area (Å²) in [6, 6.07) is 17.2. The van der Waals surface area contributed by atoms with Crippen LogP contribution in [0.5, 0.6) is 0 Å². The summed E-state index contributed by atoms with van der Waals surface area (Å²) in [7, 11) is 0. The molecule has 1 aliphatic rings. The van der Waals surface area contributed by atoms with Gasteiger partial charge in [0.1, 0.15) is 0 Å². The van der Waals surface area contributed by atoms with Crippen LogP contribution in [-0.4, -0.2) is 21.6 Å². The summed E-state index contributed by atoms with van der Waals surface area (Å²) >= 11 is 3.51. The third kappa shape index (κ3) is 3.67. The number of nitrogens with zero attached hydrogens (tertiary/aromatic N) is 3. The maximum Gasteiger partial charge on any atom is 0.247 e. The van der Waals surface area contributed by atoms with Gasteiger partial charge in [0.15, 0.2) is 0 Å². The molecule has 0 N–H and O–H groups in total. The molecule has 5 heteroatoms. The smallest absolute Gasteiger partial charge is 0.247 e. The largest absolute Gasteiger partial charge is 0.419 e. The first-order chi connectivity index (χ1) is 12.2. The van der Waals surface area contributed by atoms with E-state index in [1.165, 1.54) is 24.0 Å². The first-order valence-corrected chi connectivity index (χ1v) is 9.37. The van der Waals surface area contributed by atoms with E-state index in [0.717, 1.165) is 16.6 Å². The van der Waals surface area contributed by atoms with Gasteiger partial charge in [0.05, 0.1) is 6.54 Å². The van der Waals surface area contributed by atoms with Crippen molar-refractivity contribution in [1.29, 1.82) is 0 Å². The Morgan fingerprint density at radius 3 is 2.60 bits per heavy atom. The zero-order chi connectivity index (χ0) is 17.2. The Kier molecular flexibility index (Phi) is 4.68. The minimum absolute atomic E-state index is 0.419.